The van der Waals surface area contributed by atoms with E-state index < -0.39 is 0 Å². The van der Waals surface area contributed by atoms with Crippen molar-refractivity contribution in [2.75, 3.05) is 24.3 Å². The minimum Gasteiger partial charge on any atom is -0.378 e. The molecule has 0 aliphatic heterocycles. The van der Waals surface area contributed by atoms with Gasteiger partial charge in [0.25, 0.3) is 0 Å². The van der Waals surface area contributed by atoms with Crippen LogP contribution >= 0.6 is 23.2 Å². The summed E-state index contributed by atoms with van der Waals surface area (Å²) in [6, 6.07) is 9.52. The Labute approximate surface area is 123 Å². The summed E-state index contributed by atoms with van der Waals surface area (Å²) in [7, 11) is 3.93. The van der Waals surface area contributed by atoms with Gasteiger partial charge in [0, 0.05) is 26.8 Å². The number of anilines is 2. The maximum Gasteiger partial charge on any atom is 0.151 e. The number of pyridine rings is 1. The highest BCUT2D eigenvalue weighted by atomic mass is 35.5. The van der Waals surface area contributed by atoms with Gasteiger partial charge >= 0.3 is 0 Å². The predicted octanol–water partition coefficient (Wildman–Crippen LogP) is 4.07. The van der Waals surface area contributed by atoms with Crippen molar-refractivity contribution in [2.24, 2.45) is 0 Å². The van der Waals surface area contributed by atoms with E-state index in [9.17, 15) is 0 Å². The molecule has 0 fully saturated rings. The number of nitrogens with one attached hydrogen (secondary N) is 1. The van der Waals surface area contributed by atoms with Crippen LogP contribution in [0.1, 0.15) is 5.56 Å². The maximum atomic E-state index is 6.00. The minimum absolute atomic E-state index is 0.569. The molecular formula is C14H15Cl2N3. The first kappa shape index (κ1) is 14.0. The lowest BCUT2D eigenvalue weighted by molar-refractivity contribution is 1.05. The van der Waals surface area contributed by atoms with E-state index in [1.54, 1.807) is 12.3 Å². The third kappa shape index (κ3) is 3.52. The average Bonchev–Trinajstić information content (AvgIpc) is 2.40. The molecule has 0 radical (unpaired) electrons. The van der Waals surface area contributed by atoms with E-state index >= 15 is 0 Å². The molecule has 0 aliphatic rings. The highest BCUT2D eigenvalue weighted by Gasteiger charge is 2.05. The van der Waals surface area contributed by atoms with E-state index in [1.807, 2.05) is 43.3 Å². The first-order valence-electron chi connectivity index (χ1n) is 5.88. The summed E-state index contributed by atoms with van der Waals surface area (Å²) < 4.78 is 0. The summed E-state index contributed by atoms with van der Waals surface area (Å²) in [4.78, 5) is 6.31. The Balaban J connectivity index is 2.12. The van der Waals surface area contributed by atoms with E-state index in [2.05, 4.69) is 10.3 Å². The molecule has 0 amide bonds. The fourth-order valence-electron chi connectivity index (χ4n) is 1.74. The van der Waals surface area contributed by atoms with Crippen molar-refractivity contribution in [3.63, 3.8) is 0 Å². The van der Waals surface area contributed by atoms with Crippen molar-refractivity contribution in [1.82, 2.24) is 4.98 Å². The highest BCUT2D eigenvalue weighted by molar-refractivity contribution is 6.42. The Kier molecular flexibility index (Phi) is 4.51. The van der Waals surface area contributed by atoms with Crippen molar-refractivity contribution < 1.29 is 0 Å². The first-order chi connectivity index (χ1) is 9.08. The second kappa shape index (κ2) is 6.13. The Morgan fingerprint density at radius 3 is 2.63 bits per heavy atom. The standard InChI is InChI=1S/C14H15Cl2N3/c1-19(2)14-13(4-3-7-17-14)18-9-10-5-6-11(15)12(16)8-10/h3-8,18H,9H2,1-2H3. The molecule has 2 aromatic rings. The zero-order valence-electron chi connectivity index (χ0n) is 10.8. The van der Waals surface area contributed by atoms with Crippen LogP contribution in [0.5, 0.6) is 0 Å². The summed E-state index contributed by atoms with van der Waals surface area (Å²) in [5.74, 6) is 0.905. The van der Waals surface area contributed by atoms with Gasteiger partial charge in [0.15, 0.2) is 5.82 Å². The van der Waals surface area contributed by atoms with Gasteiger partial charge < -0.3 is 10.2 Å². The van der Waals surface area contributed by atoms with Crippen molar-refractivity contribution in [3.8, 4) is 0 Å². The van der Waals surface area contributed by atoms with Gasteiger partial charge in [-0.1, -0.05) is 29.3 Å². The van der Waals surface area contributed by atoms with E-state index in [1.165, 1.54) is 0 Å². The molecule has 5 heteroatoms. The predicted molar refractivity (Wildman–Crippen MR) is 82.4 cm³/mol. The van der Waals surface area contributed by atoms with Crippen LogP contribution in [0.3, 0.4) is 0 Å². The van der Waals surface area contributed by atoms with E-state index in [-0.39, 0.29) is 0 Å². The zero-order valence-corrected chi connectivity index (χ0v) is 12.3. The van der Waals surface area contributed by atoms with Crippen LogP contribution in [0.4, 0.5) is 11.5 Å². The summed E-state index contributed by atoms with van der Waals surface area (Å²) >= 11 is 11.9. The molecule has 1 N–H and O–H groups in total. The number of benzene rings is 1. The molecule has 0 atom stereocenters. The van der Waals surface area contributed by atoms with Crippen molar-refractivity contribution >= 4 is 34.7 Å². The van der Waals surface area contributed by atoms with E-state index in [0.717, 1.165) is 17.1 Å². The molecular weight excluding hydrogens is 281 g/mol. The maximum absolute atomic E-state index is 6.00. The number of hydrogen-bond acceptors (Lipinski definition) is 3. The SMILES string of the molecule is CN(C)c1ncccc1NCc1ccc(Cl)c(Cl)c1. The smallest absolute Gasteiger partial charge is 0.151 e. The zero-order chi connectivity index (χ0) is 13.8. The van der Waals surface area contributed by atoms with Gasteiger partial charge in [-0.25, -0.2) is 4.98 Å². The topological polar surface area (TPSA) is 28.2 Å². The van der Waals surface area contributed by atoms with Gasteiger partial charge in [-0.2, -0.15) is 0 Å². The Bertz CT molecular complexity index is 570. The lowest BCUT2D eigenvalue weighted by atomic mass is 10.2. The third-order valence-corrected chi connectivity index (χ3v) is 3.42. The van der Waals surface area contributed by atoms with Crippen LogP contribution in [0, 0.1) is 0 Å². The molecule has 1 aromatic carbocycles. The molecule has 1 aromatic heterocycles. The summed E-state index contributed by atoms with van der Waals surface area (Å²) in [5, 5.41) is 4.49. The second-order valence-corrected chi connectivity index (χ2v) is 5.19. The van der Waals surface area contributed by atoms with Gasteiger partial charge in [-0.3, -0.25) is 0 Å². The molecule has 100 valence electrons. The quantitative estimate of drug-likeness (QED) is 0.922. The van der Waals surface area contributed by atoms with Crippen LogP contribution in [-0.4, -0.2) is 19.1 Å². The number of hydrogen-bond donors (Lipinski definition) is 1. The number of aromatic nitrogens is 1. The molecule has 2 rings (SSSR count). The molecule has 0 bridgehead atoms. The Morgan fingerprint density at radius 1 is 1.16 bits per heavy atom. The lowest BCUT2D eigenvalue weighted by Crippen LogP contribution is -2.13. The largest absolute Gasteiger partial charge is 0.378 e. The van der Waals surface area contributed by atoms with E-state index in [0.29, 0.717) is 16.6 Å². The van der Waals surface area contributed by atoms with Gasteiger partial charge in [-0.15, -0.1) is 0 Å². The molecule has 19 heavy (non-hydrogen) atoms. The number of nitrogens with zero attached hydrogens (tertiary/aromatic N) is 2. The Morgan fingerprint density at radius 2 is 1.95 bits per heavy atom. The number of rotatable bonds is 4. The van der Waals surface area contributed by atoms with Gasteiger partial charge in [-0.05, 0) is 29.8 Å². The molecule has 0 saturated carbocycles. The Hall–Kier alpha value is -1.45. The van der Waals surface area contributed by atoms with Crippen LogP contribution < -0.4 is 10.2 Å². The molecule has 0 spiro atoms. The molecule has 0 unspecified atom stereocenters. The van der Waals surface area contributed by atoms with Crippen LogP contribution in [0.2, 0.25) is 10.0 Å². The van der Waals surface area contributed by atoms with Crippen molar-refractivity contribution in [3.05, 3.63) is 52.1 Å². The second-order valence-electron chi connectivity index (χ2n) is 4.37. The first-order valence-corrected chi connectivity index (χ1v) is 6.63. The molecule has 0 saturated heterocycles. The molecule has 3 nitrogen and oxygen atoms in total. The summed E-state index contributed by atoms with van der Waals surface area (Å²) in [6.45, 7) is 0.670. The average molecular weight is 296 g/mol. The van der Waals surface area contributed by atoms with Gasteiger partial charge in [0.1, 0.15) is 0 Å². The van der Waals surface area contributed by atoms with Crippen LogP contribution in [-0.2, 0) is 6.54 Å². The van der Waals surface area contributed by atoms with Crippen LogP contribution in [0.25, 0.3) is 0 Å². The highest BCUT2D eigenvalue weighted by Crippen LogP contribution is 2.24. The summed E-state index contributed by atoms with van der Waals surface area (Å²) in [5.41, 5.74) is 2.06. The third-order valence-electron chi connectivity index (χ3n) is 2.68. The van der Waals surface area contributed by atoms with Crippen molar-refractivity contribution in [2.45, 2.75) is 6.54 Å². The van der Waals surface area contributed by atoms with Gasteiger partial charge in [0.05, 0.1) is 15.7 Å². The fraction of sp³-hybridized carbons (Fsp3) is 0.214. The summed E-state index contributed by atoms with van der Waals surface area (Å²) in [6.07, 6.45) is 1.78. The fourth-order valence-corrected chi connectivity index (χ4v) is 2.06. The monoisotopic (exact) mass is 295 g/mol. The van der Waals surface area contributed by atoms with E-state index in [4.69, 9.17) is 23.2 Å². The molecule has 0 aliphatic carbocycles. The molecule has 1 heterocycles. The van der Waals surface area contributed by atoms with Gasteiger partial charge in [0.2, 0.25) is 0 Å². The number of halogens is 2. The van der Waals surface area contributed by atoms with Crippen molar-refractivity contribution in [1.29, 1.82) is 0 Å². The van der Waals surface area contributed by atoms with Crippen LogP contribution in [0.15, 0.2) is 36.5 Å². The minimum atomic E-state index is 0.569. The normalized spacial score (nSPS) is 10.3. The lowest BCUT2D eigenvalue weighted by Gasteiger charge is -2.17.